The molecule has 0 aliphatic carbocycles. The normalized spacial score (nSPS) is 15.7. The van der Waals surface area contributed by atoms with E-state index >= 15 is 0 Å². The Balaban J connectivity index is 1.72. The van der Waals surface area contributed by atoms with E-state index in [0.717, 1.165) is 5.56 Å². The van der Waals surface area contributed by atoms with Gasteiger partial charge in [-0.05, 0) is 31.2 Å². The first kappa shape index (κ1) is 18.5. The number of benzene rings is 2. The Hall–Kier alpha value is -2.33. The first-order valence-electron chi connectivity index (χ1n) is 9.51. The van der Waals surface area contributed by atoms with Crippen LogP contribution in [0.25, 0.3) is 0 Å². The second kappa shape index (κ2) is 8.37. The standard InChI is InChI=1S/C22H29N3O/c1-17-6-8-19(9-7-17)22(26)23-16-21(25-14-4-5-15-25)18-10-12-20(13-11-18)24(2)3/h6-13,21H,4-5,14-16H2,1-3H3,(H,23,26)/p+1/t21-/m0/s1. The molecule has 4 nitrogen and oxygen atoms in total. The van der Waals surface area contributed by atoms with Gasteiger partial charge in [0.25, 0.3) is 5.91 Å². The van der Waals surface area contributed by atoms with Crippen molar-refractivity contribution >= 4 is 11.6 Å². The second-order valence-corrected chi connectivity index (χ2v) is 7.48. The summed E-state index contributed by atoms with van der Waals surface area (Å²) in [5.74, 6) is 0.0125. The van der Waals surface area contributed by atoms with Crippen molar-refractivity contribution in [3.8, 4) is 0 Å². The molecule has 26 heavy (non-hydrogen) atoms. The quantitative estimate of drug-likeness (QED) is 0.836. The van der Waals surface area contributed by atoms with Crippen molar-refractivity contribution in [2.24, 2.45) is 0 Å². The molecule has 2 aromatic rings. The summed E-state index contributed by atoms with van der Waals surface area (Å²) in [4.78, 5) is 16.2. The molecule has 0 radical (unpaired) electrons. The highest BCUT2D eigenvalue weighted by Crippen LogP contribution is 2.17. The number of nitrogens with one attached hydrogen (secondary N) is 2. The summed E-state index contributed by atoms with van der Waals surface area (Å²) in [6.45, 7) is 5.07. The van der Waals surface area contributed by atoms with Crippen LogP contribution < -0.4 is 15.1 Å². The van der Waals surface area contributed by atoms with Gasteiger partial charge in [0.1, 0.15) is 6.04 Å². The molecule has 1 heterocycles. The van der Waals surface area contributed by atoms with Gasteiger partial charge in [-0.15, -0.1) is 0 Å². The maximum Gasteiger partial charge on any atom is 0.251 e. The first-order chi connectivity index (χ1) is 12.5. The van der Waals surface area contributed by atoms with Crippen molar-refractivity contribution in [2.75, 3.05) is 38.6 Å². The van der Waals surface area contributed by atoms with Gasteiger partial charge in [0.2, 0.25) is 0 Å². The Morgan fingerprint density at radius 1 is 1.04 bits per heavy atom. The van der Waals surface area contributed by atoms with E-state index in [1.807, 2.05) is 31.2 Å². The predicted octanol–water partition coefficient (Wildman–Crippen LogP) is 2.21. The smallest absolute Gasteiger partial charge is 0.251 e. The third-order valence-corrected chi connectivity index (χ3v) is 5.33. The average Bonchev–Trinajstić information content (AvgIpc) is 3.17. The third-order valence-electron chi connectivity index (χ3n) is 5.33. The van der Waals surface area contributed by atoms with E-state index < -0.39 is 0 Å². The number of aryl methyl sites for hydroxylation is 1. The van der Waals surface area contributed by atoms with E-state index in [1.165, 1.54) is 42.7 Å². The molecule has 4 heteroatoms. The van der Waals surface area contributed by atoms with Gasteiger partial charge in [0.15, 0.2) is 0 Å². The Morgan fingerprint density at radius 3 is 2.23 bits per heavy atom. The Bertz CT molecular complexity index is 716. The Morgan fingerprint density at radius 2 is 1.65 bits per heavy atom. The molecule has 0 aromatic heterocycles. The van der Waals surface area contributed by atoms with Gasteiger partial charge in [-0.3, -0.25) is 4.79 Å². The largest absolute Gasteiger partial charge is 0.378 e. The summed E-state index contributed by atoms with van der Waals surface area (Å²) in [5.41, 5.74) is 4.40. The molecule has 1 aliphatic rings. The molecule has 2 N–H and O–H groups in total. The lowest BCUT2D eigenvalue weighted by Crippen LogP contribution is -3.11. The van der Waals surface area contributed by atoms with Crippen LogP contribution in [0.15, 0.2) is 48.5 Å². The number of carbonyl (C=O) groups excluding carboxylic acids is 1. The minimum Gasteiger partial charge on any atom is -0.378 e. The summed E-state index contributed by atoms with van der Waals surface area (Å²) >= 11 is 0. The summed E-state index contributed by atoms with van der Waals surface area (Å²) in [6, 6.07) is 16.8. The second-order valence-electron chi connectivity index (χ2n) is 7.48. The van der Waals surface area contributed by atoms with E-state index in [1.54, 1.807) is 4.90 Å². The number of hydrogen-bond acceptors (Lipinski definition) is 2. The van der Waals surface area contributed by atoms with Crippen molar-refractivity contribution in [3.05, 3.63) is 65.2 Å². The van der Waals surface area contributed by atoms with Crippen molar-refractivity contribution in [1.82, 2.24) is 5.32 Å². The summed E-state index contributed by atoms with van der Waals surface area (Å²) in [7, 11) is 4.11. The van der Waals surface area contributed by atoms with Gasteiger partial charge in [-0.1, -0.05) is 29.8 Å². The zero-order valence-electron chi connectivity index (χ0n) is 16.1. The maximum absolute atomic E-state index is 12.5. The molecular formula is C22H30N3O+. The third kappa shape index (κ3) is 4.44. The van der Waals surface area contributed by atoms with Crippen LogP contribution in [0, 0.1) is 6.92 Å². The van der Waals surface area contributed by atoms with Gasteiger partial charge in [0, 0.05) is 43.8 Å². The van der Waals surface area contributed by atoms with Gasteiger partial charge in [-0.2, -0.15) is 0 Å². The molecule has 1 atom stereocenters. The van der Waals surface area contributed by atoms with Crippen molar-refractivity contribution in [2.45, 2.75) is 25.8 Å². The summed E-state index contributed by atoms with van der Waals surface area (Å²) in [6.07, 6.45) is 2.54. The predicted molar refractivity (Wildman–Crippen MR) is 107 cm³/mol. The molecule has 0 spiro atoms. The minimum absolute atomic E-state index is 0.0125. The Kier molecular flexibility index (Phi) is 5.94. The molecule has 0 bridgehead atoms. The number of amides is 1. The van der Waals surface area contributed by atoms with Crippen LogP contribution in [0.2, 0.25) is 0 Å². The lowest BCUT2D eigenvalue weighted by molar-refractivity contribution is -0.918. The highest BCUT2D eigenvalue weighted by atomic mass is 16.1. The van der Waals surface area contributed by atoms with Crippen LogP contribution in [0.4, 0.5) is 5.69 Å². The maximum atomic E-state index is 12.5. The molecule has 1 saturated heterocycles. The van der Waals surface area contributed by atoms with E-state index in [2.05, 4.69) is 48.6 Å². The van der Waals surface area contributed by atoms with E-state index in [0.29, 0.717) is 12.6 Å². The SMILES string of the molecule is Cc1ccc(C(=O)NC[C@@H](c2ccc(N(C)C)cc2)[NH+]2CCCC2)cc1. The fourth-order valence-corrected chi connectivity index (χ4v) is 3.68. The fraction of sp³-hybridized carbons (Fsp3) is 0.409. The zero-order chi connectivity index (χ0) is 18.5. The highest BCUT2D eigenvalue weighted by Gasteiger charge is 2.27. The van der Waals surface area contributed by atoms with Crippen LogP contribution in [0.3, 0.4) is 0 Å². The van der Waals surface area contributed by atoms with Crippen LogP contribution in [-0.2, 0) is 0 Å². The molecule has 2 aromatic carbocycles. The van der Waals surface area contributed by atoms with Crippen LogP contribution >= 0.6 is 0 Å². The molecule has 0 saturated carbocycles. The number of anilines is 1. The van der Waals surface area contributed by atoms with E-state index in [-0.39, 0.29) is 5.91 Å². The number of likely N-dealkylation sites (tertiary alicyclic amines) is 1. The van der Waals surface area contributed by atoms with Gasteiger partial charge in [-0.25, -0.2) is 0 Å². The average molecular weight is 353 g/mol. The van der Waals surface area contributed by atoms with Gasteiger partial charge >= 0.3 is 0 Å². The monoisotopic (exact) mass is 352 g/mol. The molecule has 138 valence electrons. The minimum atomic E-state index is 0.0125. The molecule has 1 aliphatic heterocycles. The van der Waals surface area contributed by atoms with Crippen molar-refractivity contribution in [3.63, 3.8) is 0 Å². The fourth-order valence-electron chi connectivity index (χ4n) is 3.68. The number of nitrogens with zero attached hydrogens (tertiary/aromatic N) is 1. The van der Waals surface area contributed by atoms with Gasteiger partial charge in [0.05, 0.1) is 19.6 Å². The van der Waals surface area contributed by atoms with Crippen LogP contribution in [0.5, 0.6) is 0 Å². The molecule has 1 amide bonds. The molecular weight excluding hydrogens is 322 g/mol. The highest BCUT2D eigenvalue weighted by molar-refractivity contribution is 5.94. The Labute approximate surface area is 156 Å². The number of quaternary nitrogens is 1. The lowest BCUT2D eigenvalue weighted by atomic mass is 10.0. The summed E-state index contributed by atoms with van der Waals surface area (Å²) in [5, 5.41) is 3.16. The molecule has 3 rings (SSSR count). The van der Waals surface area contributed by atoms with E-state index in [9.17, 15) is 4.79 Å². The number of rotatable bonds is 6. The van der Waals surface area contributed by atoms with Crippen LogP contribution in [0.1, 0.15) is 40.4 Å². The van der Waals surface area contributed by atoms with E-state index in [4.69, 9.17) is 0 Å². The van der Waals surface area contributed by atoms with Crippen LogP contribution in [-0.4, -0.2) is 39.6 Å². The topological polar surface area (TPSA) is 36.8 Å². The van der Waals surface area contributed by atoms with Gasteiger partial charge < -0.3 is 15.1 Å². The van der Waals surface area contributed by atoms with Crippen molar-refractivity contribution in [1.29, 1.82) is 0 Å². The molecule has 1 fully saturated rings. The first-order valence-corrected chi connectivity index (χ1v) is 9.51. The number of hydrogen-bond donors (Lipinski definition) is 2. The summed E-state index contributed by atoms with van der Waals surface area (Å²) < 4.78 is 0. The molecule has 0 unspecified atom stereocenters. The lowest BCUT2D eigenvalue weighted by Gasteiger charge is -2.26. The zero-order valence-corrected chi connectivity index (χ0v) is 16.1. The van der Waals surface area contributed by atoms with Crippen molar-refractivity contribution < 1.29 is 9.69 Å². The number of carbonyl (C=O) groups is 1.